The van der Waals surface area contributed by atoms with E-state index in [0.29, 0.717) is 0 Å². The maximum atomic E-state index is 6.17. The van der Waals surface area contributed by atoms with Crippen LogP contribution in [0.25, 0.3) is 0 Å². The standard InChI is InChI=1S/C18H20BrCl/c1-4-13-6-7-15(10-14(13)5-2)18(19)16-8-12(3)9-17(20)11-16/h6-11,18H,4-5H2,1-3H3. The minimum Gasteiger partial charge on any atom is -0.0843 e. The minimum atomic E-state index is 0.191. The molecule has 0 spiro atoms. The Morgan fingerprint density at radius 2 is 1.65 bits per heavy atom. The molecule has 0 bridgehead atoms. The van der Waals surface area contributed by atoms with Gasteiger partial charge in [-0.2, -0.15) is 0 Å². The predicted octanol–water partition coefficient (Wildman–Crippen LogP) is 6.26. The van der Waals surface area contributed by atoms with E-state index in [1.807, 2.05) is 12.1 Å². The lowest BCUT2D eigenvalue weighted by atomic mass is 9.96. The van der Waals surface area contributed by atoms with Crippen molar-refractivity contribution >= 4 is 27.5 Å². The summed E-state index contributed by atoms with van der Waals surface area (Å²) in [4.78, 5) is 0.191. The molecular formula is C18H20BrCl. The van der Waals surface area contributed by atoms with Crippen molar-refractivity contribution < 1.29 is 0 Å². The molecule has 0 saturated carbocycles. The van der Waals surface area contributed by atoms with Crippen LogP contribution in [0.15, 0.2) is 36.4 Å². The normalized spacial score (nSPS) is 12.4. The summed E-state index contributed by atoms with van der Waals surface area (Å²) >= 11 is 9.98. The molecule has 1 unspecified atom stereocenters. The van der Waals surface area contributed by atoms with Gasteiger partial charge in [0.05, 0.1) is 4.83 Å². The number of alkyl halides is 1. The Labute approximate surface area is 135 Å². The topological polar surface area (TPSA) is 0 Å². The summed E-state index contributed by atoms with van der Waals surface area (Å²) in [7, 11) is 0. The zero-order valence-electron chi connectivity index (χ0n) is 12.2. The van der Waals surface area contributed by atoms with Gasteiger partial charge in [0.1, 0.15) is 0 Å². The Kier molecular flexibility index (Phi) is 5.29. The molecule has 1 atom stereocenters. The zero-order valence-corrected chi connectivity index (χ0v) is 14.6. The first kappa shape index (κ1) is 15.6. The highest BCUT2D eigenvalue weighted by molar-refractivity contribution is 9.09. The van der Waals surface area contributed by atoms with E-state index in [9.17, 15) is 0 Å². The fourth-order valence-corrected chi connectivity index (χ4v) is 3.43. The van der Waals surface area contributed by atoms with Crippen LogP contribution in [0.2, 0.25) is 5.02 Å². The minimum absolute atomic E-state index is 0.191. The van der Waals surface area contributed by atoms with Crippen LogP contribution in [-0.2, 0) is 12.8 Å². The van der Waals surface area contributed by atoms with Crippen molar-refractivity contribution in [3.63, 3.8) is 0 Å². The number of halogens is 2. The molecule has 0 aromatic heterocycles. The van der Waals surface area contributed by atoms with Gasteiger partial charge >= 0.3 is 0 Å². The Morgan fingerprint density at radius 1 is 0.950 bits per heavy atom. The first-order valence-corrected chi connectivity index (χ1v) is 8.37. The highest BCUT2D eigenvalue weighted by atomic mass is 79.9. The fraction of sp³-hybridized carbons (Fsp3) is 0.333. The highest BCUT2D eigenvalue weighted by Gasteiger charge is 2.13. The van der Waals surface area contributed by atoms with Gasteiger partial charge in [-0.15, -0.1) is 0 Å². The van der Waals surface area contributed by atoms with Crippen molar-refractivity contribution in [3.8, 4) is 0 Å². The first-order chi connectivity index (χ1) is 9.55. The number of hydrogen-bond donors (Lipinski definition) is 0. The molecule has 0 N–H and O–H groups in total. The van der Waals surface area contributed by atoms with Gasteiger partial charge in [-0.25, -0.2) is 0 Å². The summed E-state index contributed by atoms with van der Waals surface area (Å²) in [5.74, 6) is 0. The van der Waals surface area contributed by atoms with Gasteiger partial charge in [-0.3, -0.25) is 0 Å². The van der Waals surface area contributed by atoms with Crippen LogP contribution in [0.4, 0.5) is 0 Å². The molecule has 20 heavy (non-hydrogen) atoms. The predicted molar refractivity (Wildman–Crippen MR) is 92.2 cm³/mol. The van der Waals surface area contributed by atoms with E-state index in [1.165, 1.54) is 27.8 Å². The number of aryl methyl sites for hydroxylation is 3. The van der Waals surface area contributed by atoms with Crippen molar-refractivity contribution in [2.75, 3.05) is 0 Å². The van der Waals surface area contributed by atoms with Crippen molar-refractivity contribution in [1.82, 2.24) is 0 Å². The summed E-state index contributed by atoms with van der Waals surface area (Å²) < 4.78 is 0. The van der Waals surface area contributed by atoms with Gasteiger partial charge in [0.25, 0.3) is 0 Å². The second kappa shape index (κ2) is 6.78. The lowest BCUT2D eigenvalue weighted by Crippen LogP contribution is -1.98. The van der Waals surface area contributed by atoms with Crippen LogP contribution in [0.3, 0.4) is 0 Å². The summed E-state index contributed by atoms with van der Waals surface area (Å²) in [5, 5.41) is 0.797. The molecule has 0 aliphatic heterocycles. The average molecular weight is 352 g/mol. The molecule has 0 aliphatic carbocycles. The Balaban J connectivity index is 2.39. The molecule has 0 aliphatic rings. The highest BCUT2D eigenvalue weighted by Crippen LogP contribution is 2.34. The van der Waals surface area contributed by atoms with Crippen LogP contribution in [-0.4, -0.2) is 0 Å². The van der Waals surface area contributed by atoms with Crippen molar-refractivity contribution in [2.45, 2.75) is 38.4 Å². The number of hydrogen-bond acceptors (Lipinski definition) is 0. The Morgan fingerprint density at radius 3 is 2.25 bits per heavy atom. The van der Waals surface area contributed by atoms with Crippen LogP contribution < -0.4 is 0 Å². The first-order valence-electron chi connectivity index (χ1n) is 7.08. The summed E-state index contributed by atoms with van der Waals surface area (Å²) in [6.07, 6.45) is 2.16. The third kappa shape index (κ3) is 3.45. The van der Waals surface area contributed by atoms with Gasteiger partial charge in [0.15, 0.2) is 0 Å². The van der Waals surface area contributed by atoms with Crippen molar-refractivity contribution in [3.05, 3.63) is 69.2 Å². The molecule has 2 aromatic carbocycles. The molecule has 2 heteroatoms. The molecule has 2 rings (SSSR count). The van der Waals surface area contributed by atoms with Gasteiger partial charge in [-0.1, -0.05) is 65.6 Å². The van der Waals surface area contributed by atoms with Gasteiger partial charge in [-0.05, 0) is 59.7 Å². The molecule has 0 saturated heterocycles. The number of rotatable bonds is 4. The lowest BCUT2D eigenvalue weighted by molar-refractivity contribution is 1.02. The summed E-state index contributed by atoms with van der Waals surface area (Å²) in [6, 6.07) is 13.0. The van der Waals surface area contributed by atoms with Crippen LogP contribution >= 0.6 is 27.5 Å². The van der Waals surface area contributed by atoms with Crippen LogP contribution in [0, 0.1) is 6.92 Å². The maximum Gasteiger partial charge on any atom is 0.0645 e. The second-order valence-corrected chi connectivity index (χ2v) is 6.51. The van der Waals surface area contributed by atoms with Crippen LogP contribution in [0.5, 0.6) is 0 Å². The van der Waals surface area contributed by atoms with Gasteiger partial charge < -0.3 is 0 Å². The maximum absolute atomic E-state index is 6.17. The van der Waals surface area contributed by atoms with E-state index in [1.54, 1.807) is 0 Å². The van der Waals surface area contributed by atoms with Crippen molar-refractivity contribution in [2.24, 2.45) is 0 Å². The quantitative estimate of drug-likeness (QED) is 0.570. The SMILES string of the molecule is CCc1ccc(C(Br)c2cc(C)cc(Cl)c2)cc1CC. The number of benzene rings is 2. The molecular weight excluding hydrogens is 332 g/mol. The van der Waals surface area contributed by atoms with E-state index in [0.717, 1.165) is 17.9 Å². The largest absolute Gasteiger partial charge is 0.0843 e. The van der Waals surface area contributed by atoms with E-state index in [2.05, 4.69) is 61.0 Å². The Hall–Kier alpha value is -0.790. The third-order valence-electron chi connectivity index (χ3n) is 3.64. The fourth-order valence-electron chi connectivity index (χ4n) is 2.58. The molecule has 2 aromatic rings. The van der Waals surface area contributed by atoms with Gasteiger partial charge in [0, 0.05) is 5.02 Å². The summed E-state index contributed by atoms with van der Waals surface area (Å²) in [5.41, 5.74) is 6.58. The molecule has 0 radical (unpaired) electrons. The molecule has 106 valence electrons. The molecule has 0 fully saturated rings. The van der Waals surface area contributed by atoms with Crippen molar-refractivity contribution in [1.29, 1.82) is 0 Å². The van der Waals surface area contributed by atoms with E-state index in [4.69, 9.17) is 11.6 Å². The molecule has 0 nitrogen and oxygen atoms in total. The van der Waals surface area contributed by atoms with Crippen LogP contribution in [0.1, 0.15) is 46.5 Å². The summed E-state index contributed by atoms with van der Waals surface area (Å²) in [6.45, 7) is 6.50. The molecule has 0 heterocycles. The Bertz CT molecular complexity index is 584. The van der Waals surface area contributed by atoms with E-state index in [-0.39, 0.29) is 4.83 Å². The van der Waals surface area contributed by atoms with E-state index < -0.39 is 0 Å². The average Bonchev–Trinajstić information content (AvgIpc) is 2.44. The zero-order chi connectivity index (χ0) is 14.7. The molecule has 0 amide bonds. The second-order valence-electron chi connectivity index (χ2n) is 5.16. The lowest BCUT2D eigenvalue weighted by Gasteiger charge is -2.15. The van der Waals surface area contributed by atoms with Gasteiger partial charge in [0.2, 0.25) is 0 Å². The van der Waals surface area contributed by atoms with E-state index >= 15 is 0 Å². The monoisotopic (exact) mass is 350 g/mol. The smallest absolute Gasteiger partial charge is 0.0645 e. The third-order valence-corrected chi connectivity index (χ3v) is 4.92.